The largest absolute Gasteiger partial charge is 0.492 e. The van der Waals surface area contributed by atoms with Crippen LogP contribution in [0.2, 0.25) is 0 Å². The van der Waals surface area contributed by atoms with Crippen LogP contribution in [0.5, 0.6) is 5.75 Å². The molecule has 0 saturated heterocycles. The van der Waals surface area contributed by atoms with E-state index in [0.717, 1.165) is 0 Å². The van der Waals surface area contributed by atoms with Gasteiger partial charge in [0.05, 0.1) is 25.0 Å². The van der Waals surface area contributed by atoms with E-state index in [1.807, 2.05) is 6.92 Å². The predicted molar refractivity (Wildman–Crippen MR) is 53.4 cm³/mol. The van der Waals surface area contributed by atoms with Crippen LogP contribution >= 0.6 is 0 Å². The second-order valence-corrected chi connectivity index (χ2v) is 2.64. The molecule has 1 rings (SSSR count). The smallest absolute Gasteiger partial charge is 0.340 e. The third-order valence-corrected chi connectivity index (χ3v) is 1.77. The lowest BCUT2D eigenvalue weighted by atomic mass is 10.1. The van der Waals surface area contributed by atoms with Crippen LogP contribution in [0.4, 0.5) is 5.69 Å². The second kappa shape index (κ2) is 4.50. The Labute approximate surface area is 82.6 Å². The molecule has 14 heavy (non-hydrogen) atoms. The van der Waals surface area contributed by atoms with Gasteiger partial charge in [0, 0.05) is 0 Å². The van der Waals surface area contributed by atoms with Gasteiger partial charge in [0.2, 0.25) is 0 Å². The normalized spacial score (nSPS) is 9.57. The Morgan fingerprint density at radius 2 is 2.21 bits per heavy atom. The monoisotopic (exact) mass is 195 g/mol. The maximum Gasteiger partial charge on any atom is 0.340 e. The fourth-order valence-corrected chi connectivity index (χ4v) is 1.11. The molecule has 76 valence electrons. The van der Waals surface area contributed by atoms with Crippen LogP contribution in [0.1, 0.15) is 17.3 Å². The predicted octanol–water partition coefficient (Wildman–Crippen LogP) is 1.45. The van der Waals surface area contributed by atoms with Gasteiger partial charge in [0.1, 0.15) is 5.75 Å². The van der Waals surface area contributed by atoms with Crippen molar-refractivity contribution in [2.45, 2.75) is 6.92 Å². The Kier molecular flexibility index (Phi) is 3.34. The molecule has 0 fully saturated rings. The van der Waals surface area contributed by atoms with Gasteiger partial charge in [-0.25, -0.2) is 4.79 Å². The lowest BCUT2D eigenvalue weighted by molar-refractivity contribution is 0.0601. The number of nitrogen functional groups attached to an aromatic ring is 1. The third kappa shape index (κ3) is 1.96. The lowest BCUT2D eigenvalue weighted by Gasteiger charge is -2.09. The molecule has 0 aliphatic rings. The number of rotatable bonds is 3. The van der Waals surface area contributed by atoms with E-state index in [4.69, 9.17) is 10.5 Å². The molecule has 0 saturated carbocycles. The van der Waals surface area contributed by atoms with Crippen molar-refractivity contribution in [1.29, 1.82) is 0 Å². The van der Waals surface area contributed by atoms with Gasteiger partial charge < -0.3 is 15.2 Å². The van der Waals surface area contributed by atoms with E-state index in [1.165, 1.54) is 7.11 Å². The number of esters is 1. The summed E-state index contributed by atoms with van der Waals surface area (Å²) in [7, 11) is 1.31. The molecule has 0 aromatic heterocycles. The number of methoxy groups -OCH3 is 1. The van der Waals surface area contributed by atoms with Gasteiger partial charge in [-0.05, 0) is 19.1 Å². The summed E-state index contributed by atoms with van der Waals surface area (Å²) in [5.41, 5.74) is 6.37. The molecule has 1 aromatic carbocycles. The number of ether oxygens (including phenoxy) is 2. The highest BCUT2D eigenvalue weighted by Crippen LogP contribution is 2.25. The fourth-order valence-electron chi connectivity index (χ4n) is 1.11. The first kappa shape index (κ1) is 10.4. The number of para-hydroxylation sites is 1. The summed E-state index contributed by atoms with van der Waals surface area (Å²) in [5, 5.41) is 0. The van der Waals surface area contributed by atoms with Crippen molar-refractivity contribution < 1.29 is 14.3 Å². The molecule has 0 radical (unpaired) electrons. The van der Waals surface area contributed by atoms with Gasteiger partial charge in [-0.3, -0.25) is 0 Å². The number of anilines is 1. The quantitative estimate of drug-likeness (QED) is 0.585. The highest BCUT2D eigenvalue weighted by Gasteiger charge is 2.12. The van der Waals surface area contributed by atoms with Crippen molar-refractivity contribution in [2.75, 3.05) is 19.5 Å². The number of carbonyl (C=O) groups excluding carboxylic acids is 1. The minimum absolute atomic E-state index is 0.321. The molecule has 2 N–H and O–H groups in total. The van der Waals surface area contributed by atoms with Crippen LogP contribution in [0.25, 0.3) is 0 Å². The molecule has 0 atom stereocenters. The lowest BCUT2D eigenvalue weighted by Crippen LogP contribution is -2.07. The van der Waals surface area contributed by atoms with Gasteiger partial charge in [-0.1, -0.05) is 6.07 Å². The molecule has 0 bridgehead atoms. The van der Waals surface area contributed by atoms with Crippen LogP contribution < -0.4 is 10.5 Å². The summed E-state index contributed by atoms with van der Waals surface area (Å²) >= 11 is 0. The summed E-state index contributed by atoms with van der Waals surface area (Å²) in [4.78, 5) is 11.2. The molecular formula is C10H13NO3. The number of carbonyl (C=O) groups is 1. The van der Waals surface area contributed by atoms with E-state index in [-0.39, 0.29) is 0 Å². The fraction of sp³-hybridized carbons (Fsp3) is 0.300. The van der Waals surface area contributed by atoms with Crippen LogP contribution in [-0.2, 0) is 4.74 Å². The van der Waals surface area contributed by atoms with E-state index < -0.39 is 5.97 Å². The van der Waals surface area contributed by atoms with Crippen LogP contribution in [-0.4, -0.2) is 19.7 Å². The Balaban J connectivity index is 3.07. The van der Waals surface area contributed by atoms with Gasteiger partial charge in [0.15, 0.2) is 0 Å². The van der Waals surface area contributed by atoms with Crippen molar-refractivity contribution >= 4 is 11.7 Å². The van der Waals surface area contributed by atoms with E-state index in [9.17, 15) is 4.79 Å². The zero-order valence-electron chi connectivity index (χ0n) is 8.24. The van der Waals surface area contributed by atoms with Crippen LogP contribution in [0, 0.1) is 0 Å². The average molecular weight is 195 g/mol. The molecule has 0 aliphatic heterocycles. The van der Waals surface area contributed by atoms with E-state index in [1.54, 1.807) is 18.2 Å². The number of hydrogen-bond donors (Lipinski definition) is 1. The molecule has 0 spiro atoms. The van der Waals surface area contributed by atoms with Crippen LogP contribution in [0.15, 0.2) is 18.2 Å². The summed E-state index contributed by atoms with van der Waals surface area (Å²) in [6.45, 7) is 2.36. The standard InChI is InChI=1S/C10H13NO3/c1-3-14-8-6-4-5-7(9(8)11)10(12)13-2/h4-6H,3,11H2,1-2H3. The van der Waals surface area contributed by atoms with Crippen molar-refractivity contribution in [3.63, 3.8) is 0 Å². The average Bonchev–Trinajstić information content (AvgIpc) is 2.20. The van der Waals surface area contributed by atoms with Crippen molar-refractivity contribution in [1.82, 2.24) is 0 Å². The molecule has 0 heterocycles. The minimum atomic E-state index is -0.455. The Morgan fingerprint density at radius 3 is 2.79 bits per heavy atom. The van der Waals surface area contributed by atoms with Crippen molar-refractivity contribution in [3.8, 4) is 5.75 Å². The SMILES string of the molecule is CCOc1cccc(C(=O)OC)c1N. The Morgan fingerprint density at radius 1 is 1.50 bits per heavy atom. The van der Waals surface area contributed by atoms with Gasteiger partial charge in [-0.2, -0.15) is 0 Å². The molecule has 4 heteroatoms. The first-order chi connectivity index (χ1) is 6.70. The molecule has 0 aliphatic carbocycles. The second-order valence-electron chi connectivity index (χ2n) is 2.64. The van der Waals surface area contributed by atoms with E-state index in [0.29, 0.717) is 23.6 Å². The summed E-state index contributed by atoms with van der Waals surface area (Å²) < 4.78 is 9.81. The molecular weight excluding hydrogens is 182 g/mol. The van der Waals surface area contributed by atoms with Crippen LogP contribution in [0.3, 0.4) is 0 Å². The van der Waals surface area contributed by atoms with Gasteiger partial charge in [0.25, 0.3) is 0 Å². The number of hydrogen-bond acceptors (Lipinski definition) is 4. The molecule has 0 unspecified atom stereocenters. The summed E-state index contributed by atoms with van der Waals surface area (Å²) in [5.74, 6) is 0.0550. The number of benzene rings is 1. The summed E-state index contributed by atoms with van der Waals surface area (Å²) in [6, 6.07) is 5.02. The number of nitrogens with two attached hydrogens (primary N) is 1. The first-order valence-electron chi connectivity index (χ1n) is 4.30. The zero-order valence-corrected chi connectivity index (χ0v) is 8.24. The minimum Gasteiger partial charge on any atom is -0.492 e. The summed E-state index contributed by atoms with van der Waals surface area (Å²) in [6.07, 6.45) is 0. The van der Waals surface area contributed by atoms with Crippen molar-refractivity contribution in [3.05, 3.63) is 23.8 Å². The van der Waals surface area contributed by atoms with Gasteiger partial charge >= 0.3 is 5.97 Å². The molecule has 1 aromatic rings. The third-order valence-electron chi connectivity index (χ3n) is 1.77. The van der Waals surface area contributed by atoms with Gasteiger partial charge in [-0.15, -0.1) is 0 Å². The Hall–Kier alpha value is -1.71. The van der Waals surface area contributed by atoms with E-state index in [2.05, 4.69) is 4.74 Å². The maximum atomic E-state index is 11.2. The zero-order chi connectivity index (χ0) is 10.6. The first-order valence-corrected chi connectivity index (χ1v) is 4.30. The van der Waals surface area contributed by atoms with E-state index >= 15 is 0 Å². The Bertz CT molecular complexity index is 336. The van der Waals surface area contributed by atoms with Crippen molar-refractivity contribution in [2.24, 2.45) is 0 Å². The molecule has 0 amide bonds. The highest BCUT2D eigenvalue weighted by molar-refractivity contribution is 5.96. The topological polar surface area (TPSA) is 61.5 Å². The maximum absolute atomic E-state index is 11.2. The highest BCUT2D eigenvalue weighted by atomic mass is 16.5. The molecule has 4 nitrogen and oxygen atoms in total.